The Hall–Kier alpha value is -1.14. The molecule has 1 atom stereocenters. The standard InChI is InChI=1S/C13H22ClN5O/c1-3-6-10(9-20-2)15-12-16-11(14)17-13(18-12)19-7-4-5-8-19/h10H,3-9H2,1-2H3,(H,15,16,17,18). The lowest BCUT2D eigenvalue weighted by Crippen LogP contribution is -2.27. The van der Waals surface area contributed by atoms with Crippen LogP contribution in [0.5, 0.6) is 0 Å². The number of nitrogens with one attached hydrogen (secondary N) is 1. The Kier molecular flexibility index (Phi) is 5.79. The molecule has 6 nitrogen and oxygen atoms in total. The van der Waals surface area contributed by atoms with E-state index in [1.165, 1.54) is 12.8 Å². The van der Waals surface area contributed by atoms with Crippen LogP contribution < -0.4 is 10.2 Å². The molecule has 1 aromatic rings. The average molecular weight is 300 g/mol. The fourth-order valence-electron chi connectivity index (χ4n) is 2.39. The van der Waals surface area contributed by atoms with Crippen molar-refractivity contribution in [2.45, 2.75) is 38.6 Å². The van der Waals surface area contributed by atoms with E-state index >= 15 is 0 Å². The summed E-state index contributed by atoms with van der Waals surface area (Å²) < 4.78 is 5.21. The van der Waals surface area contributed by atoms with E-state index in [1.54, 1.807) is 7.11 Å². The van der Waals surface area contributed by atoms with Gasteiger partial charge in [0.15, 0.2) is 0 Å². The first-order valence-corrected chi connectivity index (χ1v) is 7.52. The summed E-state index contributed by atoms with van der Waals surface area (Å²) in [4.78, 5) is 15.0. The molecule has 0 radical (unpaired) electrons. The van der Waals surface area contributed by atoms with Crippen LogP contribution in [-0.2, 0) is 4.74 Å². The van der Waals surface area contributed by atoms with Crippen LogP contribution in [0.2, 0.25) is 5.28 Å². The number of methoxy groups -OCH3 is 1. The Labute approximate surface area is 124 Å². The average Bonchev–Trinajstić information content (AvgIpc) is 2.92. The Balaban J connectivity index is 2.09. The number of anilines is 2. The molecule has 20 heavy (non-hydrogen) atoms. The largest absolute Gasteiger partial charge is 0.383 e. The highest BCUT2D eigenvalue weighted by atomic mass is 35.5. The van der Waals surface area contributed by atoms with Crippen LogP contribution in [0.4, 0.5) is 11.9 Å². The predicted octanol–water partition coefficient (Wildman–Crippen LogP) is 2.35. The molecule has 2 rings (SSSR count). The van der Waals surface area contributed by atoms with Gasteiger partial charge < -0.3 is 15.0 Å². The molecule has 0 saturated carbocycles. The fourth-order valence-corrected chi connectivity index (χ4v) is 2.55. The van der Waals surface area contributed by atoms with Crippen molar-refractivity contribution < 1.29 is 4.74 Å². The van der Waals surface area contributed by atoms with E-state index < -0.39 is 0 Å². The molecule has 7 heteroatoms. The number of rotatable bonds is 7. The van der Waals surface area contributed by atoms with Crippen LogP contribution in [0.25, 0.3) is 0 Å². The van der Waals surface area contributed by atoms with Gasteiger partial charge in [0.25, 0.3) is 0 Å². The third-order valence-electron chi connectivity index (χ3n) is 3.32. The number of ether oxygens (including phenoxy) is 1. The molecular weight excluding hydrogens is 278 g/mol. The normalized spacial score (nSPS) is 16.4. The molecule has 0 aliphatic carbocycles. The lowest BCUT2D eigenvalue weighted by atomic mass is 10.2. The molecule has 1 fully saturated rings. The molecule has 0 spiro atoms. The number of hydrogen-bond acceptors (Lipinski definition) is 6. The molecule has 1 aromatic heterocycles. The molecular formula is C13H22ClN5O. The molecule has 0 bridgehead atoms. The van der Waals surface area contributed by atoms with Crippen LogP contribution in [0.15, 0.2) is 0 Å². The maximum atomic E-state index is 6.01. The molecule has 1 N–H and O–H groups in total. The van der Waals surface area contributed by atoms with E-state index in [2.05, 4.69) is 32.1 Å². The first-order valence-electron chi connectivity index (χ1n) is 7.15. The number of nitrogens with zero attached hydrogens (tertiary/aromatic N) is 4. The van der Waals surface area contributed by atoms with Crippen LogP contribution in [0.3, 0.4) is 0 Å². The summed E-state index contributed by atoms with van der Waals surface area (Å²) in [6, 6.07) is 0.190. The number of halogens is 1. The zero-order valence-electron chi connectivity index (χ0n) is 12.1. The molecule has 0 amide bonds. The fraction of sp³-hybridized carbons (Fsp3) is 0.769. The summed E-state index contributed by atoms with van der Waals surface area (Å²) in [6.45, 7) is 4.73. The van der Waals surface area contributed by atoms with Gasteiger partial charge in [0, 0.05) is 20.2 Å². The molecule has 0 aromatic carbocycles. The quantitative estimate of drug-likeness (QED) is 0.834. The van der Waals surface area contributed by atoms with Gasteiger partial charge in [0.2, 0.25) is 17.2 Å². The molecule has 2 heterocycles. The predicted molar refractivity (Wildman–Crippen MR) is 80.5 cm³/mol. The van der Waals surface area contributed by atoms with Gasteiger partial charge in [-0.2, -0.15) is 15.0 Å². The van der Waals surface area contributed by atoms with E-state index in [9.17, 15) is 0 Å². The van der Waals surface area contributed by atoms with Crippen molar-refractivity contribution in [3.05, 3.63) is 5.28 Å². The molecule has 1 aliphatic heterocycles. The van der Waals surface area contributed by atoms with E-state index in [4.69, 9.17) is 16.3 Å². The first kappa shape index (κ1) is 15.3. The highest BCUT2D eigenvalue weighted by Crippen LogP contribution is 2.19. The van der Waals surface area contributed by atoms with E-state index in [1.807, 2.05) is 0 Å². The van der Waals surface area contributed by atoms with Gasteiger partial charge in [-0.1, -0.05) is 13.3 Å². The summed E-state index contributed by atoms with van der Waals surface area (Å²) >= 11 is 6.01. The number of aromatic nitrogens is 3. The monoisotopic (exact) mass is 299 g/mol. The van der Waals surface area contributed by atoms with E-state index in [-0.39, 0.29) is 11.3 Å². The number of hydrogen-bond donors (Lipinski definition) is 1. The highest BCUT2D eigenvalue weighted by Gasteiger charge is 2.18. The van der Waals surface area contributed by atoms with E-state index in [0.717, 1.165) is 25.9 Å². The second-order valence-corrected chi connectivity index (χ2v) is 5.35. The van der Waals surface area contributed by atoms with E-state index in [0.29, 0.717) is 18.5 Å². The van der Waals surface area contributed by atoms with Crippen molar-refractivity contribution in [2.24, 2.45) is 0 Å². The van der Waals surface area contributed by atoms with Gasteiger partial charge in [-0.25, -0.2) is 0 Å². The molecule has 1 saturated heterocycles. The zero-order chi connectivity index (χ0) is 14.4. The smallest absolute Gasteiger partial charge is 0.231 e. The first-order chi connectivity index (χ1) is 9.72. The second kappa shape index (κ2) is 7.59. The minimum atomic E-state index is 0.190. The van der Waals surface area contributed by atoms with Crippen LogP contribution >= 0.6 is 11.6 Å². The zero-order valence-corrected chi connectivity index (χ0v) is 12.9. The summed E-state index contributed by atoms with van der Waals surface area (Å²) in [5.74, 6) is 1.19. The van der Waals surface area contributed by atoms with Gasteiger partial charge in [-0.05, 0) is 30.9 Å². The van der Waals surface area contributed by atoms with Crippen LogP contribution in [-0.4, -0.2) is 47.8 Å². The lowest BCUT2D eigenvalue weighted by molar-refractivity contribution is 0.182. The van der Waals surface area contributed by atoms with Crippen molar-refractivity contribution in [3.8, 4) is 0 Å². The molecule has 112 valence electrons. The Morgan fingerprint density at radius 3 is 2.70 bits per heavy atom. The maximum absolute atomic E-state index is 6.01. The second-order valence-electron chi connectivity index (χ2n) is 5.01. The summed E-state index contributed by atoms with van der Waals surface area (Å²) in [5, 5.41) is 3.52. The summed E-state index contributed by atoms with van der Waals surface area (Å²) in [7, 11) is 1.69. The van der Waals surface area contributed by atoms with Crippen molar-refractivity contribution in [1.82, 2.24) is 15.0 Å². The minimum Gasteiger partial charge on any atom is -0.383 e. The summed E-state index contributed by atoms with van der Waals surface area (Å²) in [6.07, 6.45) is 4.41. The Morgan fingerprint density at radius 2 is 2.05 bits per heavy atom. The van der Waals surface area contributed by atoms with Gasteiger partial charge in [0.05, 0.1) is 12.6 Å². The third-order valence-corrected chi connectivity index (χ3v) is 3.49. The lowest BCUT2D eigenvalue weighted by Gasteiger charge is -2.19. The van der Waals surface area contributed by atoms with Crippen molar-refractivity contribution >= 4 is 23.5 Å². The maximum Gasteiger partial charge on any atom is 0.231 e. The van der Waals surface area contributed by atoms with Gasteiger partial charge >= 0.3 is 0 Å². The summed E-state index contributed by atoms with van der Waals surface area (Å²) in [5.41, 5.74) is 0. The third kappa shape index (κ3) is 4.18. The molecule has 1 unspecified atom stereocenters. The SMILES string of the molecule is CCCC(COC)Nc1nc(Cl)nc(N2CCCC2)n1. The highest BCUT2D eigenvalue weighted by molar-refractivity contribution is 6.28. The van der Waals surface area contributed by atoms with Crippen molar-refractivity contribution in [1.29, 1.82) is 0 Å². The Morgan fingerprint density at radius 1 is 1.30 bits per heavy atom. The van der Waals surface area contributed by atoms with Crippen molar-refractivity contribution in [2.75, 3.05) is 37.0 Å². The molecule has 1 aliphatic rings. The van der Waals surface area contributed by atoms with Crippen LogP contribution in [0, 0.1) is 0 Å². The van der Waals surface area contributed by atoms with Gasteiger partial charge in [-0.15, -0.1) is 0 Å². The van der Waals surface area contributed by atoms with Gasteiger partial charge in [-0.3, -0.25) is 0 Å². The van der Waals surface area contributed by atoms with Crippen molar-refractivity contribution in [3.63, 3.8) is 0 Å². The topological polar surface area (TPSA) is 63.2 Å². The minimum absolute atomic E-state index is 0.190. The Bertz CT molecular complexity index is 419. The van der Waals surface area contributed by atoms with Crippen LogP contribution in [0.1, 0.15) is 32.6 Å². The van der Waals surface area contributed by atoms with Gasteiger partial charge in [0.1, 0.15) is 0 Å².